The first-order valence-electron chi connectivity index (χ1n) is 7.15. The lowest BCUT2D eigenvalue weighted by atomic mass is 10.1. The fourth-order valence-electron chi connectivity index (χ4n) is 2.56. The predicted octanol–water partition coefficient (Wildman–Crippen LogP) is 0.752. The van der Waals surface area contributed by atoms with Crippen molar-refractivity contribution in [2.75, 3.05) is 26.3 Å². The fourth-order valence-corrected chi connectivity index (χ4v) is 3.99. The van der Waals surface area contributed by atoms with E-state index in [1.807, 2.05) is 0 Å². The molecule has 0 unspecified atom stereocenters. The van der Waals surface area contributed by atoms with Crippen LogP contribution in [-0.2, 0) is 14.8 Å². The van der Waals surface area contributed by atoms with Gasteiger partial charge in [-0.25, -0.2) is 8.42 Å². The maximum absolute atomic E-state index is 12.7. The van der Waals surface area contributed by atoms with Crippen molar-refractivity contribution < 1.29 is 17.9 Å². The highest BCUT2D eigenvalue weighted by atomic mass is 32.2. The number of rotatable bonds is 3. The van der Waals surface area contributed by atoms with E-state index < -0.39 is 15.5 Å². The second-order valence-corrected chi connectivity index (χ2v) is 7.25. The van der Waals surface area contributed by atoms with E-state index in [1.54, 1.807) is 0 Å². The number of ether oxygens (including phenoxy) is 1. The van der Waals surface area contributed by atoms with Crippen LogP contribution in [0.2, 0.25) is 0 Å². The molecule has 23 heavy (non-hydrogen) atoms. The highest BCUT2D eigenvalue weighted by Crippen LogP contribution is 2.20. The van der Waals surface area contributed by atoms with E-state index in [4.69, 9.17) is 4.74 Å². The quantitative estimate of drug-likeness (QED) is 0.835. The van der Waals surface area contributed by atoms with E-state index in [2.05, 4.69) is 4.98 Å². The summed E-state index contributed by atoms with van der Waals surface area (Å²) in [6.45, 7) is 2.56. The number of H-pyrrole nitrogens is 1. The minimum atomic E-state index is -3.69. The highest BCUT2D eigenvalue weighted by Gasteiger charge is 2.26. The molecule has 1 N–H and O–H groups in total. The lowest BCUT2D eigenvalue weighted by Crippen LogP contribution is -2.40. The number of ketones is 1. The number of aromatic amines is 1. The molecule has 1 aromatic carbocycles. The fraction of sp³-hybridized carbons (Fsp3) is 0.333. The van der Waals surface area contributed by atoms with Gasteiger partial charge in [-0.05, 0) is 25.1 Å². The van der Waals surface area contributed by atoms with Crippen LogP contribution in [0.3, 0.4) is 0 Å². The third-order valence-corrected chi connectivity index (χ3v) is 5.73. The first-order valence-corrected chi connectivity index (χ1v) is 8.59. The Bertz CT molecular complexity index is 927. The number of nitrogens with zero attached hydrogens (tertiary/aromatic N) is 1. The van der Waals surface area contributed by atoms with E-state index in [1.165, 1.54) is 35.6 Å². The number of hydrogen-bond acceptors (Lipinski definition) is 5. The van der Waals surface area contributed by atoms with Crippen LogP contribution in [0, 0.1) is 0 Å². The first-order chi connectivity index (χ1) is 10.9. The van der Waals surface area contributed by atoms with Gasteiger partial charge in [0.05, 0.1) is 23.7 Å². The molecule has 1 aliphatic heterocycles. The lowest BCUT2D eigenvalue weighted by Gasteiger charge is -2.26. The van der Waals surface area contributed by atoms with Gasteiger partial charge in [-0.15, -0.1) is 0 Å². The number of Topliss-reactive ketones (excluding diaryl/α,β-unsaturated/α-hetero) is 1. The number of benzene rings is 1. The molecular weight excluding hydrogens is 320 g/mol. The molecule has 0 bridgehead atoms. The number of morpholine rings is 1. The van der Waals surface area contributed by atoms with Gasteiger partial charge in [-0.3, -0.25) is 9.59 Å². The van der Waals surface area contributed by atoms with Crippen LogP contribution in [0.25, 0.3) is 10.9 Å². The number of sulfonamides is 1. The Kier molecular flexibility index (Phi) is 4.05. The van der Waals surface area contributed by atoms with Crippen LogP contribution in [0.4, 0.5) is 0 Å². The zero-order valence-electron chi connectivity index (χ0n) is 12.5. The van der Waals surface area contributed by atoms with E-state index >= 15 is 0 Å². The zero-order chi connectivity index (χ0) is 16.6. The van der Waals surface area contributed by atoms with Crippen molar-refractivity contribution in [3.63, 3.8) is 0 Å². The third-order valence-electron chi connectivity index (χ3n) is 3.84. The van der Waals surface area contributed by atoms with Crippen LogP contribution in [0.5, 0.6) is 0 Å². The molecule has 2 aromatic rings. The molecule has 0 atom stereocenters. The topological polar surface area (TPSA) is 96.5 Å². The second-order valence-electron chi connectivity index (χ2n) is 5.31. The summed E-state index contributed by atoms with van der Waals surface area (Å²) >= 11 is 0. The smallest absolute Gasteiger partial charge is 0.243 e. The van der Waals surface area contributed by atoms with Gasteiger partial charge in [-0.2, -0.15) is 4.31 Å². The molecule has 1 aliphatic rings. The number of nitrogens with one attached hydrogen (secondary N) is 1. The van der Waals surface area contributed by atoms with Crippen molar-refractivity contribution >= 4 is 26.7 Å². The molecule has 8 heteroatoms. The Morgan fingerprint density at radius 2 is 1.96 bits per heavy atom. The summed E-state index contributed by atoms with van der Waals surface area (Å²) < 4.78 is 31.8. The molecule has 1 aromatic heterocycles. The normalized spacial score (nSPS) is 16.6. The summed E-state index contributed by atoms with van der Waals surface area (Å²) in [6.07, 6.45) is 1.35. The van der Waals surface area contributed by atoms with Gasteiger partial charge in [-0.1, -0.05) is 0 Å². The summed E-state index contributed by atoms with van der Waals surface area (Å²) in [7, 11) is -3.69. The van der Waals surface area contributed by atoms with Crippen LogP contribution < -0.4 is 5.43 Å². The zero-order valence-corrected chi connectivity index (χ0v) is 13.4. The number of carbonyl (C=O) groups excluding carboxylic acids is 1. The van der Waals surface area contributed by atoms with Crippen LogP contribution in [0.15, 0.2) is 34.1 Å². The molecule has 0 radical (unpaired) electrons. The van der Waals surface area contributed by atoms with Gasteiger partial charge in [0.15, 0.2) is 11.2 Å². The van der Waals surface area contributed by atoms with E-state index in [0.717, 1.165) is 0 Å². The number of hydrogen-bond donors (Lipinski definition) is 1. The Morgan fingerprint density at radius 3 is 2.61 bits per heavy atom. The molecule has 7 nitrogen and oxygen atoms in total. The molecule has 1 saturated heterocycles. The molecule has 0 spiro atoms. The summed E-state index contributed by atoms with van der Waals surface area (Å²) in [5.41, 5.74) is 0.0321. The molecule has 0 saturated carbocycles. The van der Waals surface area contributed by atoms with Gasteiger partial charge < -0.3 is 9.72 Å². The van der Waals surface area contributed by atoms with Gasteiger partial charge >= 0.3 is 0 Å². The van der Waals surface area contributed by atoms with E-state index in [-0.39, 0.29) is 34.7 Å². The van der Waals surface area contributed by atoms with Gasteiger partial charge in [0.1, 0.15) is 0 Å². The number of aromatic nitrogens is 1. The maximum Gasteiger partial charge on any atom is 0.243 e. The van der Waals surface area contributed by atoms with Crippen LogP contribution in [-0.4, -0.2) is 49.8 Å². The van der Waals surface area contributed by atoms with Crippen LogP contribution in [0.1, 0.15) is 17.3 Å². The average molecular weight is 336 g/mol. The predicted molar refractivity (Wildman–Crippen MR) is 84.2 cm³/mol. The van der Waals surface area contributed by atoms with E-state index in [9.17, 15) is 18.0 Å². The van der Waals surface area contributed by atoms with Gasteiger partial charge in [0.25, 0.3) is 0 Å². The lowest BCUT2D eigenvalue weighted by molar-refractivity contribution is 0.0730. The van der Waals surface area contributed by atoms with Crippen molar-refractivity contribution in [3.8, 4) is 0 Å². The maximum atomic E-state index is 12.7. The molecule has 0 aliphatic carbocycles. The Balaban J connectivity index is 2.14. The summed E-state index contributed by atoms with van der Waals surface area (Å²) in [5.74, 6) is -0.366. The number of carbonyl (C=O) groups is 1. The second kappa shape index (κ2) is 5.88. The Hall–Kier alpha value is -2.03. The van der Waals surface area contributed by atoms with Gasteiger partial charge in [0.2, 0.25) is 10.0 Å². The third kappa shape index (κ3) is 2.80. The molecule has 2 heterocycles. The summed E-state index contributed by atoms with van der Waals surface area (Å²) in [6, 6.07) is 4.32. The summed E-state index contributed by atoms with van der Waals surface area (Å²) in [5, 5.41) is 0.187. The molecule has 3 rings (SSSR count). The molecule has 0 amide bonds. The van der Waals surface area contributed by atoms with Crippen molar-refractivity contribution in [2.24, 2.45) is 0 Å². The Labute approximate surface area is 132 Å². The average Bonchev–Trinajstić information content (AvgIpc) is 2.55. The molecule has 122 valence electrons. The van der Waals surface area contributed by atoms with Crippen molar-refractivity contribution in [1.29, 1.82) is 0 Å². The van der Waals surface area contributed by atoms with E-state index in [0.29, 0.717) is 18.7 Å². The standard InChI is InChI=1S/C15H16N2O5S/c1-10(18)13-9-16-14-3-2-11(8-12(14)15(13)19)23(20,21)17-4-6-22-7-5-17/h2-3,8-9H,4-7H2,1H3,(H,16,19). The van der Waals surface area contributed by atoms with Crippen molar-refractivity contribution in [2.45, 2.75) is 11.8 Å². The van der Waals surface area contributed by atoms with Crippen molar-refractivity contribution in [3.05, 3.63) is 40.2 Å². The number of fused-ring (bicyclic) bond motifs is 1. The SMILES string of the molecule is CC(=O)c1c[nH]c2ccc(S(=O)(=O)N3CCOCC3)cc2c1=O. The highest BCUT2D eigenvalue weighted by molar-refractivity contribution is 7.89. The largest absolute Gasteiger partial charge is 0.379 e. The monoisotopic (exact) mass is 336 g/mol. The van der Waals surface area contributed by atoms with Gasteiger partial charge in [0, 0.05) is 30.2 Å². The molecule has 1 fully saturated rings. The summed E-state index contributed by atoms with van der Waals surface area (Å²) in [4.78, 5) is 26.7. The first kappa shape index (κ1) is 15.9. The minimum Gasteiger partial charge on any atom is -0.379 e. The number of pyridine rings is 1. The molecular formula is C15H16N2O5S. The minimum absolute atomic E-state index is 0.0124. The Morgan fingerprint density at radius 1 is 1.26 bits per heavy atom. The van der Waals surface area contributed by atoms with Crippen LogP contribution >= 0.6 is 0 Å². The van der Waals surface area contributed by atoms with Crippen molar-refractivity contribution in [1.82, 2.24) is 9.29 Å².